The van der Waals surface area contributed by atoms with Crippen molar-refractivity contribution < 1.29 is 14.6 Å². The zero-order valence-electron chi connectivity index (χ0n) is 13.1. The molecule has 25 heavy (non-hydrogen) atoms. The van der Waals surface area contributed by atoms with Gasteiger partial charge in [0, 0.05) is 18.3 Å². The number of hydrogen-bond donors (Lipinski definition) is 1. The maximum Gasteiger partial charge on any atom is 0.283 e. The Morgan fingerprint density at radius 1 is 1.48 bits per heavy atom. The summed E-state index contributed by atoms with van der Waals surface area (Å²) in [6.07, 6.45) is 3.53. The van der Waals surface area contributed by atoms with Crippen molar-refractivity contribution in [2.45, 2.75) is 6.04 Å². The first-order valence-electron chi connectivity index (χ1n) is 7.77. The van der Waals surface area contributed by atoms with Gasteiger partial charge in [-0.1, -0.05) is 29.0 Å². The van der Waals surface area contributed by atoms with Crippen LogP contribution in [0.15, 0.2) is 30.6 Å². The second-order valence-corrected chi connectivity index (χ2v) is 7.24. The van der Waals surface area contributed by atoms with Crippen molar-refractivity contribution in [2.24, 2.45) is 0 Å². The minimum absolute atomic E-state index is 0.147. The second kappa shape index (κ2) is 6.72. The number of carbonyl (C=O) groups is 1. The van der Waals surface area contributed by atoms with Crippen LogP contribution in [0.3, 0.4) is 0 Å². The fourth-order valence-corrected chi connectivity index (χ4v) is 4.00. The van der Waals surface area contributed by atoms with Gasteiger partial charge in [-0.3, -0.25) is 4.79 Å². The third-order valence-electron chi connectivity index (χ3n) is 4.15. The molecule has 1 N–H and O–H groups in total. The topological polar surface area (TPSA) is 80.0 Å². The van der Waals surface area contributed by atoms with Crippen LogP contribution in [-0.2, 0) is 4.74 Å². The highest BCUT2D eigenvalue weighted by atomic mass is 35.5. The number of hydrogen-bond acceptors (Lipinski definition) is 6. The number of halogens is 1. The fraction of sp³-hybridized carbons (Fsp3) is 0.312. The van der Waals surface area contributed by atoms with Crippen LogP contribution in [0, 0.1) is 0 Å². The number of amides is 1. The monoisotopic (exact) mass is 378 g/mol. The third kappa shape index (κ3) is 2.91. The molecule has 4 heterocycles. The molecule has 0 aromatic carbocycles. The van der Waals surface area contributed by atoms with Crippen molar-refractivity contribution in [3.63, 3.8) is 0 Å². The van der Waals surface area contributed by atoms with E-state index in [9.17, 15) is 9.90 Å². The predicted octanol–water partition coefficient (Wildman–Crippen LogP) is 1.94. The number of ether oxygens (including phenoxy) is 1. The Balaban J connectivity index is 1.69. The van der Waals surface area contributed by atoms with Gasteiger partial charge in [-0.05, 0) is 12.1 Å². The van der Waals surface area contributed by atoms with E-state index >= 15 is 0 Å². The number of rotatable bonds is 3. The van der Waals surface area contributed by atoms with Crippen LogP contribution in [0.2, 0.25) is 4.34 Å². The minimum Gasteiger partial charge on any atom is -0.394 e. The largest absolute Gasteiger partial charge is 0.394 e. The van der Waals surface area contributed by atoms with Crippen LogP contribution in [0.5, 0.6) is 0 Å². The number of nitrogens with zero attached hydrogens (tertiary/aromatic N) is 4. The maximum atomic E-state index is 12.8. The average molecular weight is 379 g/mol. The van der Waals surface area contributed by atoms with Crippen molar-refractivity contribution in [1.29, 1.82) is 0 Å². The maximum absolute atomic E-state index is 12.8. The number of aromatic nitrogens is 3. The Kier molecular flexibility index (Phi) is 4.43. The van der Waals surface area contributed by atoms with E-state index in [0.717, 1.165) is 22.4 Å². The Morgan fingerprint density at radius 3 is 3.20 bits per heavy atom. The smallest absolute Gasteiger partial charge is 0.283 e. The van der Waals surface area contributed by atoms with Gasteiger partial charge in [0.25, 0.3) is 5.91 Å². The number of fused-ring (bicyclic) bond motifs is 1. The zero-order chi connectivity index (χ0) is 17.4. The lowest BCUT2D eigenvalue weighted by atomic mass is 10.2. The fourth-order valence-electron chi connectivity index (χ4n) is 2.87. The molecular weight excluding hydrogens is 364 g/mol. The number of carbonyl (C=O) groups excluding carboxylic acids is 1. The van der Waals surface area contributed by atoms with Crippen LogP contribution in [0.1, 0.15) is 9.80 Å². The minimum atomic E-state index is -0.357. The van der Waals surface area contributed by atoms with Crippen LogP contribution in [0.4, 0.5) is 0 Å². The molecule has 130 valence electrons. The molecule has 1 aliphatic rings. The molecule has 1 amide bonds. The molecule has 3 aromatic heterocycles. The molecule has 1 unspecified atom stereocenters. The Morgan fingerprint density at radius 2 is 2.36 bits per heavy atom. The van der Waals surface area contributed by atoms with E-state index in [0.29, 0.717) is 34.8 Å². The molecule has 1 aliphatic heterocycles. The summed E-state index contributed by atoms with van der Waals surface area (Å²) in [7, 11) is 0. The highest BCUT2D eigenvalue weighted by Gasteiger charge is 2.30. The van der Waals surface area contributed by atoms with Gasteiger partial charge in [-0.2, -0.15) is 5.10 Å². The molecular formula is C16H15ClN4O3S. The molecule has 3 aromatic rings. The summed E-state index contributed by atoms with van der Waals surface area (Å²) in [5.41, 5.74) is 2.19. The van der Waals surface area contributed by atoms with E-state index in [1.54, 1.807) is 15.6 Å². The van der Waals surface area contributed by atoms with Gasteiger partial charge in [-0.15, -0.1) is 0 Å². The Labute approximate surface area is 152 Å². The first-order chi connectivity index (χ1) is 12.2. The third-order valence-corrected chi connectivity index (χ3v) is 5.39. The van der Waals surface area contributed by atoms with Crippen molar-refractivity contribution in [2.75, 3.05) is 26.4 Å². The molecule has 0 saturated carbocycles. The average Bonchev–Trinajstić information content (AvgIpc) is 3.24. The summed E-state index contributed by atoms with van der Waals surface area (Å²) < 4.78 is 7.49. The van der Waals surface area contributed by atoms with Crippen molar-refractivity contribution >= 4 is 34.4 Å². The van der Waals surface area contributed by atoms with Crippen LogP contribution < -0.4 is 0 Å². The van der Waals surface area contributed by atoms with Gasteiger partial charge in [0.15, 0.2) is 5.01 Å². The number of morpholine rings is 1. The molecule has 1 atom stereocenters. The van der Waals surface area contributed by atoms with Gasteiger partial charge < -0.3 is 14.7 Å². The van der Waals surface area contributed by atoms with Crippen LogP contribution in [-0.4, -0.2) is 62.9 Å². The summed E-state index contributed by atoms with van der Waals surface area (Å²) in [5, 5.41) is 14.0. The van der Waals surface area contributed by atoms with Crippen LogP contribution in [0.25, 0.3) is 16.8 Å². The molecule has 1 fully saturated rings. The highest BCUT2D eigenvalue weighted by molar-refractivity contribution is 7.18. The van der Waals surface area contributed by atoms with E-state index < -0.39 is 0 Å². The quantitative estimate of drug-likeness (QED) is 0.753. The number of pyridine rings is 1. The van der Waals surface area contributed by atoms with E-state index in [1.807, 2.05) is 24.4 Å². The molecule has 0 aliphatic carbocycles. The summed E-state index contributed by atoms with van der Waals surface area (Å²) in [6, 6.07) is 5.36. The predicted molar refractivity (Wildman–Crippen MR) is 94.0 cm³/mol. The van der Waals surface area contributed by atoms with Gasteiger partial charge in [-0.25, -0.2) is 9.50 Å². The summed E-state index contributed by atoms with van der Waals surface area (Å²) >= 11 is 7.50. The van der Waals surface area contributed by atoms with Gasteiger partial charge >= 0.3 is 0 Å². The zero-order valence-corrected chi connectivity index (χ0v) is 14.7. The molecule has 7 nitrogen and oxygen atoms in total. The molecule has 1 saturated heterocycles. The lowest BCUT2D eigenvalue weighted by molar-refractivity contribution is -0.0184. The van der Waals surface area contributed by atoms with Crippen molar-refractivity contribution in [3.05, 3.63) is 39.9 Å². The molecule has 0 spiro atoms. The molecule has 9 heteroatoms. The summed E-state index contributed by atoms with van der Waals surface area (Å²) in [5.74, 6) is -0.239. The molecule has 4 rings (SSSR count). The molecule has 0 bridgehead atoms. The summed E-state index contributed by atoms with van der Waals surface area (Å²) in [6.45, 7) is 1.05. The van der Waals surface area contributed by atoms with E-state index in [2.05, 4.69) is 10.1 Å². The lowest BCUT2D eigenvalue weighted by Crippen LogP contribution is -2.50. The van der Waals surface area contributed by atoms with Gasteiger partial charge in [0.05, 0.1) is 37.6 Å². The first kappa shape index (κ1) is 16.5. The van der Waals surface area contributed by atoms with Gasteiger partial charge in [0.2, 0.25) is 0 Å². The number of aliphatic hydroxyl groups excluding tert-OH is 1. The van der Waals surface area contributed by atoms with Crippen LogP contribution >= 0.6 is 22.9 Å². The van der Waals surface area contributed by atoms with Crippen molar-refractivity contribution in [1.82, 2.24) is 19.5 Å². The van der Waals surface area contributed by atoms with E-state index in [-0.39, 0.29) is 18.6 Å². The van der Waals surface area contributed by atoms with E-state index in [4.69, 9.17) is 16.3 Å². The first-order valence-corrected chi connectivity index (χ1v) is 8.97. The number of aliphatic hydroxyl groups is 1. The highest BCUT2D eigenvalue weighted by Crippen LogP contribution is 2.35. The summed E-state index contributed by atoms with van der Waals surface area (Å²) in [4.78, 5) is 18.9. The number of thiazole rings is 1. The lowest BCUT2D eigenvalue weighted by Gasteiger charge is -2.33. The molecule has 0 radical (unpaired) electrons. The normalized spacial score (nSPS) is 18.0. The van der Waals surface area contributed by atoms with Gasteiger partial charge in [0.1, 0.15) is 10.0 Å². The Bertz CT molecular complexity index is 925. The van der Waals surface area contributed by atoms with E-state index in [1.165, 1.54) is 0 Å². The SMILES string of the molecule is O=C(c1nc(-c2cnn3ccccc23)c(Cl)s1)N1CCOCC1CO. The van der Waals surface area contributed by atoms with Crippen molar-refractivity contribution in [3.8, 4) is 11.3 Å². The standard InChI is InChI=1S/C16H15ClN4O3S/c17-14-13(11-7-18-21-4-2-1-3-12(11)21)19-15(25-14)16(23)20-5-6-24-9-10(20)8-22/h1-4,7,10,22H,5-6,8-9H2. The Hall–Kier alpha value is -2.00. The second-order valence-electron chi connectivity index (χ2n) is 5.64.